The highest BCUT2D eigenvalue weighted by Crippen LogP contribution is 2.20. The first-order chi connectivity index (χ1) is 10.2. The summed E-state index contributed by atoms with van der Waals surface area (Å²) in [5.74, 6) is 0.718. The Kier molecular flexibility index (Phi) is 5.78. The maximum atomic E-state index is 12.1. The Balaban J connectivity index is 1.94. The van der Waals surface area contributed by atoms with Crippen molar-refractivity contribution in [2.24, 2.45) is 0 Å². The molecule has 2 aromatic rings. The van der Waals surface area contributed by atoms with Crippen molar-refractivity contribution in [3.05, 3.63) is 47.5 Å². The maximum absolute atomic E-state index is 12.1. The Morgan fingerprint density at radius 3 is 2.95 bits per heavy atom. The van der Waals surface area contributed by atoms with Crippen molar-refractivity contribution in [3.63, 3.8) is 0 Å². The molecule has 1 aromatic carbocycles. The number of halogens is 1. The van der Waals surface area contributed by atoms with Gasteiger partial charge in [-0.3, -0.25) is 4.79 Å². The van der Waals surface area contributed by atoms with Crippen LogP contribution < -0.4 is 10.6 Å². The second-order valence-electron chi connectivity index (χ2n) is 4.68. The first-order valence-electron chi connectivity index (χ1n) is 6.95. The van der Waals surface area contributed by atoms with Crippen molar-refractivity contribution in [1.29, 1.82) is 0 Å². The molecule has 1 aromatic heterocycles. The van der Waals surface area contributed by atoms with Crippen LogP contribution in [0.3, 0.4) is 0 Å². The van der Waals surface area contributed by atoms with Gasteiger partial charge in [-0.25, -0.2) is 4.98 Å². The van der Waals surface area contributed by atoms with Crippen LogP contribution in [0.4, 0.5) is 5.69 Å². The summed E-state index contributed by atoms with van der Waals surface area (Å²) in [6.07, 6.45) is 4.56. The standard InChI is InChI=1S/C15H19ClN4O/c1-2-7-17-10-14-18-8-9-20(14)11-15(21)19-13-6-4-3-5-12(13)16/h3-6,8-9,17H,2,7,10-11H2,1H3,(H,19,21). The minimum atomic E-state index is -0.127. The zero-order valence-electron chi connectivity index (χ0n) is 12.0. The molecule has 21 heavy (non-hydrogen) atoms. The minimum Gasteiger partial charge on any atom is -0.324 e. The summed E-state index contributed by atoms with van der Waals surface area (Å²) in [7, 11) is 0. The number of para-hydroxylation sites is 1. The normalized spacial score (nSPS) is 10.6. The first kappa shape index (κ1) is 15.5. The number of anilines is 1. The number of imidazole rings is 1. The second-order valence-corrected chi connectivity index (χ2v) is 5.08. The molecule has 5 nitrogen and oxygen atoms in total. The van der Waals surface area contributed by atoms with Crippen LogP contribution in [0.1, 0.15) is 19.2 Å². The molecule has 112 valence electrons. The van der Waals surface area contributed by atoms with Crippen molar-refractivity contribution in [3.8, 4) is 0 Å². The minimum absolute atomic E-state index is 0.127. The van der Waals surface area contributed by atoms with Gasteiger partial charge in [0.2, 0.25) is 5.91 Å². The lowest BCUT2D eigenvalue weighted by atomic mass is 10.3. The monoisotopic (exact) mass is 306 g/mol. The van der Waals surface area contributed by atoms with Crippen molar-refractivity contribution < 1.29 is 4.79 Å². The largest absolute Gasteiger partial charge is 0.324 e. The fourth-order valence-corrected chi connectivity index (χ4v) is 2.12. The van der Waals surface area contributed by atoms with Crippen molar-refractivity contribution in [1.82, 2.24) is 14.9 Å². The van der Waals surface area contributed by atoms with Crippen LogP contribution in [0, 0.1) is 0 Å². The predicted molar refractivity (Wildman–Crippen MR) is 84.3 cm³/mol. The molecule has 2 N–H and O–H groups in total. The van der Waals surface area contributed by atoms with Gasteiger partial charge in [0.1, 0.15) is 12.4 Å². The van der Waals surface area contributed by atoms with Crippen LogP contribution in [-0.4, -0.2) is 22.0 Å². The number of nitrogens with one attached hydrogen (secondary N) is 2. The van der Waals surface area contributed by atoms with E-state index in [1.807, 2.05) is 16.7 Å². The smallest absolute Gasteiger partial charge is 0.244 e. The molecule has 6 heteroatoms. The quantitative estimate of drug-likeness (QED) is 0.773. The highest BCUT2D eigenvalue weighted by molar-refractivity contribution is 6.33. The summed E-state index contributed by atoms with van der Waals surface area (Å²) >= 11 is 6.02. The zero-order valence-corrected chi connectivity index (χ0v) is 12.7. The molecule has 2 rings (SSSR count). The Bertz CT molecular complexity index is 597. The third-order valence-electron chi connectivity index (χ3n) is 2.97. The number of carbonyl (C=O) groups excluding carboxylic acids is 1. The van der Waals surface area contributed by atoms with Crippen molar-refractivity contribution in [2.75, 3.05) is 11.9 Å². The number of nitrogens with zero attached hydrogens (tertiary/aromatic N) is 2. The van der Waals surface area contributed by atoms with E-state index in [0.717, 1.165) is 18.8 Å². The maximum Gasteiger partial charge on any atom is 0.244 e. The molecule has 1 amide bonds. The number of rotatable bonds is 7. The lowest BCUT2D eigenvalue weighted by Gasteiger charge is -2.10. The molecule has 0 aliphatic rings. The van der Waals surface area contributed by atoms with Crippen molar-refractivity contribution >= 4 is 23.2 Å². The predicted octanol–water partition coefficient (Wildman–Crippen LogP) is 2.67. The van der Waals surface area contributed by atoms with Gasteiger partial charge in [-0.05, 0) is 25.1 Å². The van der Waals surface area contributed by atoms with E-state index in [1.54, 1.807) is 24.5 Å². The zero-order chi connectivity index (χ0) is 15.1. The van der Waals surface area contributed by atoms with Gasteiger partial charge in [0.25, 0.3) is 0 Å². The summed E-state index contributed by atoms with van der Waals surface area (Å²) in [4.78, 5) is 16.3. The van der Waals surface area contributed by atoms with E-state index in [4.69, 9.17) is 11.6 Å². The third-order valence-corrected chi connectivity index (χ3v) is 3.30. The third kappa shape index (κ3) is 4.58. The molecular weight excluding hydrogens is 288 g/mol. The Hall–Kier alpha value is -1.85. The van der Waals surface area contributed by atoms with Crippen LogP contribution in [0.15, 0.2) is 36.7 Å². The Morgan fingerprint density at radius 2 is 2.19 bits per heavy atom. The van der Waals surface area contributed by atoms with Crippen LogP contribution in [-0.2, 0) is 17.9 Å². The lowest BCUT2D eigenvalue weighted by Crippen LogP contribution is -2.23. The Morgan fingerprint density at radius 1 is 1.38 bits per heavy atom. The molecule has 1 heterocycles. The number of hydrogen-bond donors (Lipinski definition) is 2. The fourth-order valence-electron chi connectivity index (χ4n) is 1.94. The fraction of sp³-hybridized carbons (Fsp3) is 0.333. The summed E-state index contributed by atoms with van der Waals surface area (Å²) < 4.78 is 1.83. The highest BCUT2D eigenvalue weighted by Gasteiger charge is 2.09. The van der Waals surface area contributed by atoms with Gasteiger partial charge in [0, 0.05) is 12.4 Å². The summed E-state index contributed by atoms with van der Waals surface area (Å²) in [6.45, 7) is 3.91. The van der Waals surface area contributed by atoms with E-state index in [1.165, 1.54) is 0 Å². The van der Waals surface area contributed by atoms with E-state index in [9.17, 15) is 4.79 Å². The molecule has 0 aliphatic heterocycles. The van der Waals surface area contributed by atoms with Gasteiger partial charge in [-0.15, -0.1) is 0 Å². The first-order valence-corrected chi connectivity index (χ1v) is 7.33. The molecule has 0 saturated heterocycles. The number of benzene rings is 1. The average Bonchev–Trinajstić information content (AvgIpc) is 2.89. The van der Waals surface area contributed by atoms with Gasteiger partial charge >= 0.3 is 0 Å². The van der Waals surface area contributed by atoms with Crippen LogP contribution in [0.5, 0.6) is 0 Å². The Labute approximate surface area is 129 Å². The van der Waals surface area contributed by atoms with Crippen LogP contribution >= 0.6 is 11.6 Å². The molecule has 0 aliphatic carbocycles. The van der Waals surface area contributed by atoms with Crippen LogP contribution in [0.2, 0.25) is 5.02 Å². The molecule has 0 unspecified atom stereocenters. The number of aromatic nitrogens is 2. The van der Waals surface area contributed by atoms with Crippen LogP contribution in [0.25, 0.3) is 0 Å². The van der Waals surface area contributed by atoms with E-state index >= 15 is 0 Å². The topological polar surface area (TPSA) is 59.0 Å². The molecule has 0 atom stereocenters. The molecule has 0 spiro atoms. The van der Waals surface area contributed by atoms with Gasteiger partial charge < -0.3 is 15.2 Å². The van der Waals surface area contributed by atoms with Gasteiger partial charge in [-0.2, -0.15) is 0 Å². The lowest BCUT2D eigenvalue weighted by molar-refractivity contribution is -0.116. The summed E-state index contributed by atoms with van der Waals surface area (Å²) in [6, 6.07) is 7.18. The summed E-state index contributed by atoms with van der Waals surface area (Å²) in [5, 5.41) is 6.61. The van der Waals surface area contributed by atoms with Gasteiger partial charge in [0.05, 0.1) is 17.3 Å². The number of amides is 1. The number of hydrogen-bond acceptors (Lipinski definition) is 3. The molecular formula is C15H19ClN4O. The van der Waals surface area contributed by atoms with E-state index in [2.05, 4.69) is 22.5 Å². The molecule has 0 saturated carbocycles. The number of carbonyl (C=O) groups is 1. The van der Waals surface area contributed by atoms with Gasteiger partial charge in [0.15, 0.2) is 0 Å². The molecule has 0 radical (unpaired) electrons. The van der Waals surface area contributed by atoms with E-state index in [-0.39, 0.29) is 12.5 Å². The highest BCUT2D eigenvalue weighted by atomic mass is 35.5. The van der Waals surface area contributed by atoms with Crippen molar-refractivity contribution in [2.45, 2.75) is 26.4 Å². The molecule has 0 bridgehead atoms. The van der Waals surface area contributed by atoms with E-state index in [0.29, 0.717) is 17.3 Å². The van der Waals surface area contributed by atoms with E-state index < -0.39 is 0 Å². The molecule has 0 fully saturated rings. The van der Waals surface area contributed by atoms with Gasteiger partial charge in [-0.1, -0.05) is 30.7 Å². The average molecular weight is 307 g/mol. The SMILES string of the molecule is CCCNCc1nccn1CC(=O)Nc1ccccc1Cl. The summed E-state index contributed by atoms with van der Waals surface area (Å²) in [5.41, 5.74) is 0.620. The second kappa shape index (κ2) is 7.81.